The molecule has 0 aromatic carbocycles. The Morgan fingerprint density at radius 1 is 1.69 bits per heavy atom. The largest absolute Gasteiger partial charge is 0.397 e. The monoisotopic (exact) mass is 223 g/mol. The van der Waals surface area contributed by atoms with Gasteiger partial charge in [0, 0.05) is 25.0 Å². The van der Waals surface area contributed by atoms with E-state index in [4.69, 9.17) is 10.5 Å². The van der Waals surface area contributed by atoms with Crippen molar-refractivity contribution in [2.75, 3.05) is 25.5 Å². The molecule has 88 valence electrons. The van der Waals surface area contributed by atoms with Crippen molar-refractivity contribution in [3.63, 3.8) is 0 Å². The van der Waals surface area contributed by atoms with Crippen LogP contribution in [0.4, 0.5) is 5.69 Å². The molecule has 16 heavy (non-hydrogen) atoms. The lowest BCUT2D eigenvalue weighted by molar-refractivity contribution is 0.0536. The van der Waals surface area contributed by atoms with Gasteiger partial charge in [-0.3, -0.25) is 4.79 Å². The van der Waals surface area contributed by atoms with Crippen molar-refractivity contribution < 1.29 is 9.53 Å². The van der Waals surface area contributed by atoms with Crippen LogP contribution in [0.15, 0.2) is 12.3 Å². The average molecular weight is 223 g/mol. The summed E-state index contributed by atoms with van der Waals surface area (Å²) in [6.45, 7) is 2.25. The quantitative estimate of drug-likeness (QED) is 0.707. The molecule has 0 aliphatic carbocycles. The third kappa shape index (κ3) is 2.76. The number of hydrogen-bond donors (Lipinski definition) is 3. The standard InChI is InChI=1S/C11H17N3O2/c12-9-4-10(13-6-9)11(15)14-5-8-2-1-3-16-7-8/h4,6,8,13H,1-3,5,7,12H2,(H,14,15). The molecule has 1 aromatic heterocycles. The van der Waals surface area contributed by atoms with E-state index in [1.165, 1.54) is 0 Å². The summed E-state index contributed by atoms with van der Waals surface area (Å²) in [7, 11) is 0. The minimum atomic E-state index is -0.109. The van der Waals surface area contributed by atoms with Gasteiger partial charge in [0.15, 0.2) is 0 Å². The third-order valence-electron chi connectivity index (χ3n) is 2.76. The van der Waals surface area contributed by atoms with Gasteiger partial charge in [0.2, 0.25) is 0 Å². The number of amides is 1. The van der Waals surface area contributed by atoms with Gasteiger partial charge < -0.3 is 20.8 Å². The van der Waals surface area contributed by atoms with Gasteiger partial charge in [0.25, 0.3) is 5.91 Å². The number of ether oxygens (including phenoxy) is 1. The molecule has 5 nitrogen and oxygen atoms in total. The molecular formula is C11H17N3O2. The van der Waals surface area contributed by atoms with Crippen molar-refractivity contribution in [2.45, 2.75) is 12.8 Å². The summed E-state index contributed by atoms with van der Waals surface area (Å²) in [5.41, 5.74) is 6.61. The van der Waals surface area contributed by atoms with E-state index in [9.17, 15) is 4.79 Å². The van der Waals surface area contributed by atoms with Crippen molar-refractivity contribution >= 4 is 11.6 Å². The second-order valence-electron chi connectivity index (χ2n) is 4.14. The molecule has 1 atom stereocenters. The number of rotatable bonds is 3. The van der Waals surface area contributed by atoms with E-state index in [0.717, 1.165) is 26.1 Å². The summed E-state index contributed by atoms with van der Waals surface area (Å²) in [5.74, 6) is 0.326. The lowest BCUT2D eigenvalue weighted by atomic mass is 10.0. The van der Waals surface area contributed by atoms with E-state index in [1.54, 1.807) is 12.3 Å². The summed E-state index contributed by atoms with van der Waals surface area (Å²) in [6.07, 6.45) is 3.81. The van der Waals surface area contributed by atoms with Gasteiger partial charge in [-0.25, -0.2) is 0 Å². The Kier molecular flexibility index (Phi) is 3.46. The fraction of sp³-hybridized carbons (Fsp3) is 0.545. The Morgan fingerprint density at radius 3 is 3.19 bits per heavy atom. The normalized spacial score (nSPS) is 20.6. The second-order valence-corrected chi connectivity index (χ2v) is 4.14. The third-order valence-corrected chi connectivity index (χ3v) is 2.76. The zero-order valence-corrected chi connectivity index (χ0v) is 9.16. The first-order valence-corrected chi connectivity index (χ1v) is 5.55. The maximum atomic E-state index is 11.7. The van der Waals surface area contributed by atoms with Gasteiger partial charge >= 0.3 is 0 Å². The molecule has 2 rings (SSSR count). The van der Waals surface area contributed by atoms with Crippen LogP contribution in [0.2, 0.25) is 0 Å². The van der Waals surface area contributed by atoms with Gasteiger partial charge in [0.1, 0.15) is 5.69 Å². The van der Waals surface area contributed by atoms with Gasteiger partial charge in [-0.15, -0.1) is 0 Å². The maximum absolute atomic E-state index is 11.7. The second kappa shape index (κ2) is 5.03. The zero-order chi connectivity index (χ0) is 11.4. The van der Waals surface area contributed by atoms with Crippen LogP contribution in [-0.4, -0.2) is 30.6 Å². The highest BCUT2D eigenvalue weighted by Crippen LogP contribution is 2.12. The van der Waals surface area contributed by atoms with E-state index >= 15 is 0 Å². The Morgan fingerprint density at radius 2 is 2.56 bits per heavy atom. The van der Waals surface area contributed by atoms with E-state index in [-0.39, 0.29) is 5.91 Å². The number of carbonyl (C=O) groups is 1. The number of anilines is 1. The molecule has 1 aromatic rings. The van der Waals surface area contributed by atoms with Crippen LogP contribution < -0.4 is 11.1 Å². The van der Waals surface area contributed by atoms with E-state index in [0.29, 0.717) is 23.8 Å². The maximum Gasteiger partial charge on any atom is 0.267 e. The molecule has 5 heteroatoms. The SMILES string of the molecule is Nc1c[nH]c(C(=O)NCC2CCCOC2)c1. The van der Waals surface area contributed by atoms with Crippen molar-refractivity contribution in [2.24, 2.45) is 5.92 Å². The van der Waals surface area contributed by atoms with E-state index in [1.807, 2.05) is 0 Å². The number of aromatic amines is 1. The molecule has 1 fully saturated rings. The van der Waals surface area contributed by atoms with E-state index in [2.05, 4.69) is 10.3 Å². The molecule has 1 aliphatic rings. The number of H-pyrrole nitrogens is 1. The van der Waals surface area contributed by atoms with Crippen molar-refractivity contribution in [3.8, 4) is 0 Å². The van der Waals surface area contributed by atoms with Gasteiger partial charge in [-0.05, 0) is 24.8 Å². The van der Waals surface area contributed by atoms with E-state index < -0.39 is 0 Å². The molecule has 1 saturated heterocycles. The van der Waals surface area contributed by atoms with Gasteiger partial charge in [-0.2, -0.15) is 0 Å². The first kappa shape index (κ1) is 11.0. The minimum absolute atomic E-state index is 0.109. The van der Waals surface area contributed by atoms with Gasteiger partial charge in [0.05, 0.1) is 6.61 Å². The van der Waals surface area contributed by atoms with Crippen LogP contribution in [0.1, 0.15) is 23.3 Å². The predicted octanol–water partition coefficient (Wildman–Crippen LogP) is 0.753. The molecule has 4 N–H and O–H groups in total. The van der Waals surface area contributed by atoms with Crippen LogP contribution in [-0.2, 0) is 4.74 Å². The molecular weight excluding hydrogens is 206 g/mol. The Bertz CT molecular complexity index is 356. The molecule has 2 heterocycles. The van der Waals surface area contributed by atoms with Crippen LogP contribution in [0.25, 0.3) is 0 Å². The first-order valence-electron chi connectivity index (χ1n) is 5.55. The van der Waals surface area contributed by atoms with Crippen molar-refractivity contribution in [1.82, 2.24) is 10.3 Å². The van der Waals surface area contributed by atoms with Gasteiger partial charge in [-0.1, -0.05) is 0 Å². The lowest BCUT2D eigenvalue weighted by Crippen LogP contribution is -2.33. The number of carbonyl (C=O) groups excluding carboxylic acids is 1. The fourth-order valence-electron chi connectivity index (χ4n) is 1.84. The summed E-state index contributed by atoms with van der Waals surface area (Å²) in [6, 6.07) is 1.63. The first-order chi connectivity index (χ1) is 7.75. The number of hydrogen-bond acceptors (Lipinski definition) is 3. The molecule has 0 spiro atoms. The predicted molar refractivity (Wildman–Crippen MR) is 61.1 cm³/mol. The Labute approximate surface area is 94.4 Å². The summed E-state index contributed by atoms with van der Waals surface area (Å²) >= 11 is 0. The number of aromatic nitrogens is 1. The highest BCUT2D eigenvalue weighted by Gasteiger charge is 2.15. The summed E-state index contributed by atoms with van der Waals surface area (Å²) < 4.78 is 5.35. The lowest BCUT2D eigenvalue weighted by Gasteiger charge is -2.21. The average Bonchev–Trinajstić information content (AvgIpc) is 2.74. The van der Waals surface area contributed by atoms with Crippen LogP contribution in [0, 0.1) is 5.92 Å². The molecule has 1 unspecified atom stereocenters. The molecule has 0 bridgehead atoms. The van der Waals surface area contributed by atoms with Crippen LogP contribution >= 0.6 is 0 Å². The number of nitrogens with two attached hydrogens (primary N) is 1. The Balaban J connectivity index is 1.79. The molecule has 1 amide bonds. The highest BCUT2D eigenvalue weighted by molar-refractivity contribution is 5.93. The van der Waals surface area contributed by atoms with Crippen molar-refractivity contribution in [3.05, 3.63) is 18.0 Å². The van der Waals surface area contributed by atoms with Crippen LogP contribution in [0.3, 0.4) is 0 Å². The summed E-state index contributed by atoms with van der Waals surface area (Å²) in [4.78, 5) is 14.5. The summed E-state index contributed by atoms with van der Waals surface area (Å²) in [5, 5.41) is 2.88. The molecule has 1 aliphatic heterocycles. The fourth-order valence-corrected chi connectivity index (χ4v) is 1.84. The topological polar surface area (TPSA) is 80.1 Å². The number of nitrogen functional groups attached to an aromatic ring is 1. The molecule has 0 radical (unpaired) electrons. The molecule has 0 saturated carbocycles. The smallest absolute Gasteiger partial charge is 0.267 e. The zero-order valence-electron chi connectivity index (χ0n) is 9.16. The van der Waals surface area contributed by atoms with Crippen molar-refractivity contribution in [1.29, 1.82) is 0 Å². The van der Waals surface area contributed by atoms with Crippen LogP contribution in [0.5, 0.6) is 0 Å². The minimum Gasteiger partial charge on any atom is -0.397 e. The Hall–Kier alpha value is -1.49. The highest BCUT2D eigenvalue weighted by atomic mass is 16.5. The number of nitrogens with one attached hydrogen (secondary N) is 2.